The van der Waals surface area contributed by atoms with E-state index in [1.165, 1.54) is 5.56 Å². The van der Waals surface area contributed by atoms with Crippen LogP contribution in [0.3, 0.4) is 0 Å². The Morgan fingerprint density at radius 2 is 1.62 bits per heavy atom. The first-order chi connectivity index (χ1) is 10.0. The van der Waals surface area contributed by atoms with Gasteiger partial charge in [-0.3, -0.25) is 4.79 Å². The molecule has 0 amide bonds. The maximum Gasteiger partial charge on any atom is 0.185 e. The molecule has 0 fully saturated rings. The van der Waals surface area contributed by atoms with Gasteiger partial charge in [-0.1, -0.05) is 56.3 Å². The molecule has 2 aromatic rings. The second kappa shape index (κ2) is 6.86. The third-order valence-corrected chi connectivity index (χ3v) is 4.41. The van der Waals surface area contributed by atoms with E-state index in [-0.39, 0.29) is 5.78 Å². The van der Waals surface area contributed by atoms with Crippen LogP contribution in [0.2, 0.25) is 0 Å². The number of halogens is 1. The van der Waals surface area contributed by atoms with Crippen LogP contribution in [-0.4, -0.2) is 5.78 Å². The molecule has 106 valence electrons. The quantitative estimate of drug-likeness (QED) is 0.551. The van der Waals surface area contributed by atoms with Gasteiger partial charge in [0.25, 0.3) is 0 Å². The zero-order chi connectivity index (χ0) is 15.4. The van der Waals surface area contributed by atoms with Crippen LogP contribution in [0, 0.1) is 14.9 Å². The number of ketones is 1. The van der Waals surface area contributed by atoms with Crippen molar-refractivity contribution in [3.8, 4) is 6.07 Å². The van der Waals surface area contributed by atoms with Crippen molar-refractivity contribution < 1.29 is 4.79 Å². The van der Waals surface area contributed by atoms with Gasteiger partial charge >= 0.3 is 0 Å². The zero-order valence-corrected chi connectivity index (χ0v) is 14.2. The summed E-state index contributed by atoms with van der Waals surface area (Å²) >= 11 is 2.13. The number of rotatable bonds is 4. The minimum atomic E-state index is -0.748. The molecule has 3 heteroatoms. The highest BCUT2D eigenvalue weighted by Crippen LogP contribution is 2.25. The monoisotopic (exact) mass is 389 g/mol. The Labute approximate surface area is 138 Å². The van der Waals surface area contributed by atoms with Crippen molar-refractivity contribution >= 4 is 28.4 Å². The molecule has 0 radical (unpaired) electrons. The number of hydrogen-bond donors (Lipinski definition) is 0. The second-order valence-electron chi connectivity index (χ2n) is 5.23. The standard InChI is InChI=1S/C18H16INO/c1-12(2)13-7-9-14(10-8-13)16(11-20)18(21)15-5-3-4-6-17(15)19/h3-10,12,16H,1-2H3. The molecule has 0 spiro atoms. The largest absolute Gasteiger partial charge is 0.292 e. The molecule has 0 aliphatic rings. The Morgan fingerprint density at radius 1 is 1.05 bits per heavy atom. The van der Waals surface area contributed by atoms with Crippen molar-refractivity contribution in [3.05, 3.63) is 68.8 Å². The summed E-state index contributed by atoms with van der Waals surface area (Å²) in [5.41, 5.74) is 2.57. The number of carbonyl (C=O) groups is 1. The highest BCUT2D eigenvalue weighted by atomic mass is 127. The summed E-state index contributed by atoms with van der Waals surface area (Å²) in [4.78, 5) is 12.6. The van der Waals surface area contributed by atoms with Crippen LogP contribution in [-0.2, 0) is 0 Å². The SMILES string of the molecule is CC(C)c1ccc(C(C#N)C(=O)c2ccccc2I)cc1. The van der Waals surface area contributed by atoms with Gasteiger partial charge in [-0.15, -0.1) is 0 Å². The lowest BCUT2D eigenvalue weighted by molar-refractivity contribution is 0.0978. The normalized spacial score (nSPS) is 12.0. The van der Waals surface area contributed by atoms with E-state index < -0.39 is 5.92 Å². The fourth-order valence-corrected chi connectivity index (χ4v) is 2.83. The Hall–Kier alpha value is -1.67. The van der Waals surface area contributed by atoms with Crippen LogP contribution < -0.4 is 0 Å². The van der Waals surface area contributed by atoms with Gasteiger partial charge in [0.15, 0.2) is 5.78 Å². The van der Waals surface area contributed by atoms with Crippen LogP contribution in [0.15, 0.2) is 48.5 Å². The number of hydrogen-bond acceptors (Lipinski definition) is 2. The molecule has 1 unspecified atom stereocenters. The molecule has 0 aromatic heterocycles. The van der Waals surface area contributed by atoms with E-state index in [1.54, 1.807) is 6.07 Å². The summed E-state index contributed by atoms with van der Waals surface area (Å²) < 4.78 is 0.874. The van der Waals surface area contributed by atoms with Crippen LogP contribution >= 0.6 is 22.6 Å². The number of benzene rings is 2. The topological polar surface area (TPSA) is 40.9 Å². The minimum Gasteiger partial charge on any atom is -0.292 e. The van der Waals surface area contributed by atoms with Crippen molar-refractivity contribution in [1.29, 1.82) is 5.26 Å². The second-order valence-corrected chi connectivity index (χ2v) is 6.39. The maximum atomic E-state index is 12.6. The average Bonchev–Trinajstić information content (AvgIpc) is 2.49. The molecular weight excluding hydrogens is 373 g/mol. The van der Waals surface area contributed by atoms with Crippen molar-refractivity contribution in [2.24, 2.45) is 0 Å². The maximum absolute atomic E-state index is 12.6. The van der Waals surface area contributed by atoms with Crippen LogP contribution in [0.1, 0.15) is 47.2 Å². The predicted octanol–water partition coefficient (Wildman–Crippen LogP) is 4.90. The predicted molar refractivity (Wildman–Crippen MR) is 92.4 cm³/mol. The Balaban J connectivity index is 2.34. The Kier molecular flexibility index (Phi) is 5.13. The minimum absolute atomic E-state index is 0.139. The first kappa shape index (κ1) is 15.7. The van der Waals surface area contributed by atoms with Gasteiger partial charge in [0, 0.05) is 9.13 Å². The lowest BCUT2D eigenvalue weighted by Crippen LogP contribution is -2.12. The molecular formula is C18H16INO. The smallest absolute Gasteiger partial charge is 0.185 e. The molecule has 2 rings (SSSR count). The van der Waals surface area contributed by atoms with Gasteiger partial charge in [-0.05, 0) is 45.7 Å². The summed E-state index contributed by atoms with van der Waals surface area (Å²) in [6.45, 7) is 4.24. The fourth-order valence-electron chi connectivity index (χ4n) is 2.17. The molecule has 21 heavy (non-hydrogen) atoms. The number of nitrogens with zero attached hydrogens (tertiary/aromatic N) is 1. The van der Waals surface area contributed by atoms with E-state index in [4.69, 9.17) is 0 Å². The van der Waals surface area contributed by atoms with E-state index in [0.717, 1.165) is 9.13 Å². The lowest BCUT2D eigenvalue weighted by atomic mass is 9.90. The molecule has 0 aliphatic carbocycles. The van der Waals surface area contributed by atoms with Crippen LogP contribution in [0.25, 0.3) is 0 Å². The Bertz CT molecular complexity index is 683. The van der Waals surface area contributed by atoms with Crippen LogP contribution in [0.5, 0.6) is 0 Å². The van der Waals surface area contributed by atoms with Crippen molar-refractivity contribution in [1.82, 2.24) is 0 Å². The molecule has 0 saturated heterocycles. The molecule has 2 nitrogen and oxygen atoms in total. The first-order valence-corrected chi connectivity index (χ1v) is 7.90. The number of Topliss-reactive ketones (excluding diaryl/α,β-unsaturated/α-hetero) is 1. The zero-order valence-electron chi connectivity index (χ0n) is 12.0. The summed E-state index contributed by atoms with van der Waals surface area (Å²) in [6, 6.07) is 17.3. The molecule has 1 atom stereocenters. The molecule has 2 aromatic carbocycles. The first-order valence-electron chi connectivity index (χ1n) is 6.82. The third kappa shape index (κ3) is 3.51. The van der Waals surface area contributed by atoms with E-state index in [1.807, 2.05) is 42.5 Å². The van der Waals surface area contributed by atoms with E-state index in [0.29, 0.717) is 11.5 Å². The third-order valence-electron chi connectivity index (χ3n) is 3.47. The molecule has 0 N–H and O–H groups in total. The van der Waals surface area contributed by atoms with E-state index in [9.17, 15) is 10.1 Å². The lowest BCUT2D eigenvalue weighted by Gasteiger charge is -2.12. The summed E-state index contributed by atoms with van der Waals surface area (Å²) in [5, 5.41) is 9.41. The van der Waals surface area contributed by atoms with Crippen LogP contribution in [0.4, 0.5) is 0 Å². The summed E-state index contributed by atoms with van der Waals surface area (Å²) in [7, 11) is 0. The molecule has 0 saturated carbocycles. The van der Waals surface area contributed by atoms with E-state index in [2.05, 4.69) is 42.5 Å². The highest BCUT2D eigenvalue weighted by molar-refractivity contribution is 14.1. The number of carbonyl (C=O) groups excluding carboxylic acids is 1. The van der Waals surface area contributed by atoms with Gasteiger partial charge in [0.1, 0.15) is 5.92 Å². The molecule has 0 heterocycles. The Morgan fingerprint density at radius 3 is 2.14 bits per heavy atom. The van der Waals surface area contributed by atoms with Gasteiger partial charge in [-0.25, -0.2) is 0 Å². The molecule has 0 aliphatic heterocycles. The number of nitriles is 1. The fraction of sp³-hybridized carbons (Fsp3) is 0.222. The van der Waals surface area contributed by atoms with Gasteiger partial charge < -0.3 is 0 Å². The highest BCUT2D eigenvalue weighted by Gasteiger charge is 2.23. The van der Waals surface area contributed by atoms with E-state index >= 15 is 0 Å². The van der Waals surface area contributed by atoms with Crippen molar-refractivity contribution in [2.75, 3.05) is 0 Å². The van der Waals surface area contributed by atoms with Crippen molar-refractivity contribution in [2.45, 2.75) is 25.7 Å². The van der Waals surface area contributed by atoms with Crippen molar-refractivity contribution in [3.63, 3.8) is 0 Å². The molecule has 0 bridgehead atoms. The summed E-state index contributed by atoms with van der Waals surface area (Å²) in [5.74, 6) is -0.452. The average molecular weight is 389 g/mol. The summed E-state index contributed by atoms with van der Waals surface area (Å²) in [6.07, 6.45) is 0. The van der Waals surface area contributed by atoms with Gasteiger partial charge in [0.2, 0.25) is 0 Å². The van der Waals surface area contributed by atoms with Gasteiger partial charge in [-0.2, -0.15) is 5.26 Å². The van der Waals surface area contributed by atoms with Gasteiger partial charge in [0.05, 0.1) is 6.07 Å².